The van der Waals surface area contributed by atoms with Crippen LogP contribution in [0.2, 0.25) is 0 Å². The fourth-order valence-corrected chi connectivity index (χ4v) is 5.48. The molecule has 0 saturated carbocycles. The number of esters is 3. The van der Waals surface area contributed by atoms with E-state index in [1.54, 1.807) is 6.08 Å². The molecule has 0 aromatic carbocycles. The van der Waals surface area contributed by atoms with E-state index in [1.165, 1.54) is 57.8 Å². The number of rotatable bonds is 36. The van der Waals surface area contributed by atoms with Gasteiger partial charge in [-0.25, -0.2) is 0 Å². The first-order valence-electron chi connectivity index (χ1n) is 20.8. The summed E-state index contributed by atoms with van der Waals surface area (Å²) in [5.41, 5.74) is 0. The molecule has 0 aromatic rings. The summed E-state index contributed by atoms with van der Waals surface area (Å²) in [5.74, 6) is -1.06. The maximum absolute atomic E-state index is 12.6. The van der Waals surface area contributed by atoms with Gasteiger partial charge >= 0.3 is 17.9 Å². The maximum Gasteiger partial charge on any atom is 0.309 e. The van der Waals surface area contributed by atoms with Crippen molar-refractivity contribution in [2.45, 2.75) is 194 Å². The van der Waals surface area contributed by atoms with E-state index in [2.05, 4.69) is 69.4 Å². The van der Waals surface area contributed by atoms with E-state index in [0.717, 1.165) is 89.9 Å². The van der Waals surface area contributed by atoms with E-state index in [1.807, 2.05) is 6.08 Å². The molecule has 0 aliphatic heterocycles. The van der Waals surface area contributed by atoms with Crippen molar-refractivity contribution in [3.8, 4) is 0 Å². The van der Waals surface area contributed by atoms with Crippen LogP contribution >= 0.6 is 0 Å². The van der Waals surface area contributed by atoms with Gasteiger partial charge < -0.3 is 14.2 Å². The highest BCUT2D eigenvalue weighted by molar-refractivity contribution is 5.72. The van der Waals surface area contributed by atoms with E-state index < -0.39 is 12.1 Å². The van der Waals surface area contributed by atoms with Crippen molar-refractivity contribution in [2.24, 2.45) is 0 Å². The van der Waals surface area contributed by atoms with Gasteiger partial charge in [-0.3, -0.25) is 14.4 Å². The first kappa shape index (κ1) is 48.1. The fourth-order valence-electron chi connectivity index (χ4n) is 5.48. The number of ether oxygens (including phenoxy) is 3. The van der Waals surface area contributed by atoms with Gasteiger partial charge in [0.1, 0.15) is 13.2 Å². The zero-order valence-corrected chi connectivity index (χ0v) is 33.1. The zero-order chi connectivity index (χ0) is 37.3. The number of allylic oxidation sites excluding steroid dienone is 9. The van der Waals surface area contributed by atoms with Crippen LogP contribution < -0.4 is 0 Å². The highest BCUT2D eigenvalue weighted by Crippen LogP contribution is 2.14. The van der Waals surface area contributed by atoms with Gasteiger partial charge in [0.05, 0.1) is 6.42 Å². The zero-order valence-electron chi connectivity index (χ0n) is 33.1. The molecule has 0 saturated heterocycles. The van der Waals surface area contributed by atoms with E-state index in [4.69, 9.17) is 14.2 Å². The second kappa shape index (κ2) is 39.9. The molecule has 1 atom stereocenters. The first-order chi connectivity index (χ1) is 25.0. The number of carbonyl (C=O) groups excluding carboxylic acids is 3. The number of unbranched alkanes of at least 4 members (excludes halogenated alkanes) is 16. The van der Waals surface area contributed by atoms with Crippen LogP contribution in [0.3, 0.4) is 0 Å². The molecule has 0 bridgehead atoms. The summed E-state index contributed by atoms with van der Waals surface area (Å²) in [6.07, 6.45) is 46.7. The molecule has 0 rings (SSSR count). The van der Waals surface area contributed by atoms with Crippen LogP contribution in [0.25, 0.3) is 0 Å². The van der Waals surface area contributed by atoms with Crippen LogP contribution in [0.4, 0.5) is 0 Å². The van der Waals surface area contributed by atoms with Crippen LogP contribution in [0, 0.1) is 0 Å². The summed E-state index contributed by atoms with van der Waals surface area (Å²) < 4.78 is 16.5. The predicted octanol–water partition coefficient (Wildman–Crippen LogP) is 13.0. The van der Waals surface area contributed by atoms with Gasteiger partial charge in [0.15, 0.2) is 6.10 Å². The van der Waals surface area contributed by atoms with Gasteiger partial charge in [-0.05, 0) is 57.8 Å². The van der Waals surface area contributed by atoms with Crippen molar-refractivity contribution in [3.05, 3.63) is 60.8 Å². The van der Waals surface area contributed by atoms with Crippen molar-refractivity contribution in [1.29, 1.82) is 0 Å². The molecule has 0 radical (unpaired) electrons. The predicted molar refractivity (Wildman–Crippen MR) is 215 cm³/mol. The largest absolute Gasteiger partial charge is 0.462 e. The van der Waals surface area contributed by atoms with Gasteiger partial charge in [0, 0.05) is 12.8 Å². The van der Waals surface area contributed by atoms with Gasteiger partial charge in [-0.2, -0.15) is 0 Å². The first-order valence-corrected chi connectivity index (χ1v) is 20.8. The molecule has 1 unspecified atom stereocenters. The lowest BCUT2D eigenvalue weighted by Crippen LogP contribution is -2.30. The Morgan fingerprint density at radius 1 is 0.431 bits per heavy atom. The lowest BCUT2D eigenvalue weighted by Gasteiger charge is -2.18. The molecule has 0 aromatic heterocycles. The Kier molecular flexibility index (Phi) is 37.6. The molecule has 0 spiro atoms. The summed E-state index contributed by atoms with van der Waals surface area (Å²) in [5, 5.41) is 0. The third-order valence-corrected chi connectivity index (χ3v) is 8.55. The second-order valence-corrected chi connectivity index (χ2v) is 13.5. The van der Waals surface area contributed by atoms with Crippen molar-refractivity contribution in [1.82, 2.24) is 0 Å². The quantitative estimate of drug-likeness (QED) is 0.0278. The molecule has 0 amide bonds. The summed E-state index contributed by atoms with van der Waals surface area (Å²) in [7, 11) is 0. The molecule has 0 aliphatic carbocycles. The van der Waals surface area contributed by atoms with E-state index in [0.29, 0.717) is 12.8 Å². The Hall–Kier alpha value is -2.89. The molecule has 6 heteroatoms. The third-order valence-electron chi connectivity index (χ3n) is 8.55. The molecular formula is C45H76O6. The molecule has 292 valence electrons. The number of hydrogen-bond donors (Lipinski definition) is 0. The minimum Gasteiger partial charge on any atom is -0.462 e. The van der Waals surface area contributed by atoms with Crippen molar-refractivity contribution in [3.63, 3.8) is 0 Å². The standard InChI is InChI=1S/C45H76O6/c1-4-7-10-13-16-19-21-23-26-29-32-35-38-44(47)50-41-42(40-49-43(46)37-34-31-28-25-18-15-12-9-6-3)51-45(48)39-36-33-30-27-24-22-20-17-14-11-8-5-2/h7,9-10,12,16,18-19,25,31,34,42H,4-6,8,11,13-15,17,20-24,26-30,32-33,35-41H2,1-3H3/b10-7-,12-9-,19-16-,25-18-,34-31-. The monoisotopic (exact) mass is 713 g/mol. The Labute approximate surface area is 313 Å². The lowest BCUT2D eigenvalue weighted by molar-refractivity contribution is -0.166. The number of hydrogen-bond acceptors (Lipinski definition) is 6. The summed E-state index contributed by atoms with van der Waals surface area (Å²) in [6, 6.07) is 0. The van der Waals surface area contributed by atoms with Crippen molar-refractivity contribution in [2.75, 3.05) is 13.2 Å². The molecule has 0 aliphatic rings. The Bertz CT molecular complexity index is 960. The Morgan fingerprint density at radius 2 is 0.843 bits per heavy atom. The Morgan fingerprint density at radius 3 is 1.37 bits per heavy atom. The normalized spacial score (nSPS) is 12.6. The Balaban J connectivity index is 4.47. The summed E-state index contributed by atoms with van der Waals surface area (Å²) in [6.45, 7) is 6.27. The average molecular weight is 713 g/mol. The van der Waals surface area contributed by atoms with Crippen LogP contribution in [-0.2, 0) is 28.6 Å². The van der Waals surface area contributed by atoms with Gasteiger partial charge in [-0.15, -0.1) is 0 Å². The minimum atomic E-state index is -0.809. The van der Waals surface area contributed by atoms with Gasteiger partial charge in [-0.1, -0.05) is 171 Å². The molecule has 0 fully saturated rings. The molecule has 51 heavy (non-hydrogen) atoms. The second-order valence-electron chi connectivity index (χ2n) is 13.5. The third kappa shape index (κ3) is 38.2. The van der Waals surface area contributed by atoms with E-state index in [9.17, 15) is 14.4 Å². The average Bonchev–Trinajstić information content (AvgIpc) is 3.12. The summed E-state index contributed by atoms with van der Waals surface area (Å²) in [4.78, 5) is 37.5. The van der Waals surface area contributed by atoms with E-state index >= 15 is 0 Å². The highest BCUT2D eigenvalue weighted by atomic mass is 16.6. The van der Waals surface area contributed by atoms with Crippen LogP contribution in [0.1, 0.15) is 188 Å². The van der Waals surface area contributed by atoms with Crippen LogP contribution in [-0.4, -0.2) is 37.2 Å². The summed E-state index contributed by atoms with van der Waals surface area (Å²) >= 11 is 0. The SMILES string of the molecule is CC/C=C\C/C=C\C/C=C\CC(=O)OCC(COC(=O)CCCCCCC/C=C\C/C=C\CC)OC(=O)CCCCCCCCCCCCCC. The van der Waals surface area contributed by atoms with Crippen molar-refractivity contribution >= 4 is 17.9 Å². The van der Waals surface area contributed by atoms with Crippen molar-refractivity contribution < 1.29 is 28.6 Å². The van der Waals surface area contributed by atoms with Crippen LogP contribution in [0.15, 0.2) is 60.8 Å². The van der Waals surface area contributed by atoms with Gasteiger partial charge in [0.2, 0.25) is 0 Å². The molecule has 0 heterocycles. The molecule has 6 nitrogen and oxygen atoms in total. The highest BCUT2D eigenvalue weighted by Gasteiger charge is 2.19. The topological polar surface area (TPSA) is 78.9 Å². The smallest absolute Gasteiger partial charge is 0.309 e. The molecular weight excluding hydrogens is 636 g/mol. The van der Waals surface area contributed by atoms with Gasteiger partial charge in [0.25, 0.3) is 0 Å². The maximum atomic E-state index is 12.6. The lowest BCUT2D eigenvalue weighted by atomic mass is 10.0. The molecule has 0 N–H and O–H groups in total. The van der Waals surface area contributed by atoms with E-state index in [-0.39, 0.29) is 31.6 Å². The van der Waals surface area contributed by atoms with Crippen LogP contribution in [0.5, 0.6) is 0 Å². The minimum absolute atomic E-state index is 0.108. The fraction of sp³-hybridized carbons (Fsp3) is 0.711. The number of carbonyl (C=O) groups is 3.